The molecular formula is C18H33NO. The molecule has 0 aromatic heterocycles. The van der Waals surface area contributed by atoms with E-state index in [4.69, 9.17) is 0 Å². The number of hydrogen-bond acceptors (Lipinski definition) is 2. The van der Waals surface area contributed by atoms with Crippen LogP contribution in [0.3, 0.4) is 0 Å². The molecule has 0 bridgehead atoms. The van der Waals surface area contributed by atoms with Gasteiger partial charge in [0.2, 0.25) is 0 Å². The molecule has 116 valence electrons. The average Bonchev–Trinajstić information content (AvgIpc) is 2.78. The van der Waals surface area contributed by atoms with Crippen molar-refractivity contribution in [3.63, 3.8) is 0 Å². The minimum atomic E-state index is 0.298. The molecule has 2 heteroatoms. The van der Waals surface area contributed by atoms with E-state index >= 15 is 0 Å². The van der Waals surface area contributed by atoms with Crippen molar-refractivity contribution < 1.29 is 4.79 Å². The van der Waals surface area contributed by atoms with Gasteiger partial charge in [0, 0.05) is 24.9 Å². The van der Waals surface area contributed by atoms with Gasteiger partial charge in [-0.05, 0) is 49.5 Å². The number of rotatable bonds is 3. The quantitative estimate of drug-likeness (QED) is 0.774. The molecule has 1 saturated carbocycles. The van der Waals surface area contributed by atoms with Crippen LogP contribution in [0.1, 0.15) is 66.7 Å². The van der Waals surface area contributed by atoms with Crippen LogP contribution in [0.4, 0.5) is 0 Å². The normalized spacial score (nSPS) is 33.1. The smallest absolute Gasteiger partial charge is 0.137 e. The zero-order chi connectivity index (χ0) is 14.9. The van der Waals surface area contributed by atoms with E-state index in [9.17, 15) is 4.79 Å². The summed E-state index contributed by atoms with van der Waals surface area (Å²) in [5.74, 6) is 2.26. The van der Waals surface area contributed by atoms with Gasteiger partial charge in [0.05, 0.1) is 0 Å². The Morgan fingerprint density at radius 3 is 2.55 bits per heavy atom. The SMILES string of the molecule is CC(C)C1CCCN1CC1CC(C(C)(C)C)CCC1=O. The van der Waals surface area contributed by atoms with Crippen LogP contribution in [0.5, 0.6) is 0 Å². The average molecular weight is 279 g/mol. The fraction of sp³-hybridized carbons (Fsp3) is 0.944. The molecule has 2 rings (SSSR count). The van der Waals surface area contributed by atoms with Crippen LogP contribution in [0.25, 0.3) is 0 Å². The zero-order valence-electron chi connectivity index (χ0n) is 14.1. The lowest BCUT2D eigenvalue weighted by atomic mass is 9.68. The zero-order valence-corrected chi connectivity index (χ0v) is 14.1. The molecule has 2 aliphatic rings. The van der Waals surface area contributed by atoms with E-state index in [1.54, 1.807) is 0 Å². The molecule has 0 N–H and O–H groups in total. The van der Waals surface area contributed by atoms with Crippen LogP contribution < -0.4 is 0 Å². The highest BCUT2D eigenvalue weighted by atomic mass is 16.1. The summed E-state index contributed by atoms with van der Waals surface area (Å²) < 4.78 is 0. The Labute approximate surface area is 125 Å². The summed E-state index contributed by atoms with van der Waals surface area (Å²) in [5, 5.41) is 0. The summed E-state index contributed by atoms with van der Waals surface area (Å²) in [6.45, 7) is 13.9. The van der Waals surface area contributed by atoms with Crippen molar-refractivity contribution in [1.82, 2.24) is 4.90 Å². The first-order valence-corrected chi connectivity index (χ1v) is 8.55. The maximum absolute atomic E-state index is 12.3. The minimum Gasteiger partial charge on any atom is -0.299 e. The molecular weight excluding hydrogens is 246 g/mol. The first-order valence-electron chi connectivity index (χ1n) is 8.55. The Balaban J connectivity index is 1.98. The van der Waals surface area contributed by atoms with E-state index in [1.807, 2.05) is 0 Å². The van der Waals surface area contributed by atoms with E-state index in [-0.39, 0.29) is 0 Å². The van der Waals surface area contributed by atoms with E-state index in [0.29, 0.717) is 29.1 Å². The van der Waals surface area contributed by atoms with Crippen molar-refractivity contribution in [2.75, 3.05) is 13.1 Å². The third kappa shape index (κ3) is 3.63. The van der Waals surface area contributed by atoms with E-state index < -0.39 is 0 Å². The van der Waals surface area contributed by atoms with Crippen molar-refractivity contribution >= 4 is 5.78 Å². The Morgan fingerprint density at radius 1 is 1.25 bits per heavy atom. The second-order valence-electron chi connectivity index (χ2n) is 8.45. The lowest BCUT2D eigenvalue weighted by molar-refractivity contribution is -0.127. The van der Waals surface area contributed by atoms with Gasteiger partial charge < -0.3 is 0 Å². The van der Waals surface area contributed by atoms with Crippen LogP contribution in [0, 0.1) is 23.2 Å². The molecule has 3 unspecified atom stereocenters. The molecule has 1 aliphatic heterocycles. The topological polar surface area (TPSA) is 20.3 Å². The van der Waals surface area contributed by atoms with Gasteiger partial charge in [-0.15, -0.1) is 0 Å². The highest BCUT2D eigenvalue weighted by Crippen LogP contribution is 2.39. The summed E-state index contributed by atoms with van der Waals surface area (Å²) in [6.07, 6.45) is 5.66. The second kappa shape index (κ2) is 6.17. The predicted octanol–water partition coefficient (Wildman–Crippen LogP) is 4.14. The highest BCUT2D eigenvalue weighted by molar-refractivity contribution is 5.82. The van der Waals surface area contributed by atoms with E-state index in [1.165, 1.54) is 19.4 Å². The first kappa shape index (κ1) is 16.0. The number of ketones is 1. The Kier molecular flexibility index (Phi) is 4.94. The molecule has 2 nitrogen and oxygen atoms in total. The van der Waals surface area contributed by atoms with Gasteiger partial charge in [-0.3, -0.25) is 9.69 Å². The fourth-order valence-electron chi connectivity index (χ4n) is 4.19. The maximum atomic E-state index is 12.3. The highest BCUT2D eigenvalue weighted by Gasteiger charge is 2.37. The van der Waals surface area contributed by atoms with Gasteiger partial charge >= 0.3 is 0 Å². The van der Waals surface area contributed by atoms with Crippen molar-refractivity contribution in [3.05, 3.63) is 0 Å². The summed E-state index contributed by atoms with van der Waals surface area (Å²) >= 11 is 0. The third-order valence-corrected chi connectivity index (χ3v) is 5.63. The number of hydrogen-bond donors (Lipinski definition) is 0. The van der Waals surface area contributed by atoms with Gasteiger partial charge in [0.25, 0.3) is 0 Å². The standard InChI is InChI=1S/C18H33NO/c1-13(2)16-7-6-10-19(16)12-14-11-15(18(3,4)5)8-9-17(14)20/h13-16H,6-12H2,1-5H3. The maximum Gasteiger partial charge on any atom is 0.137 e. The molecule has 2 fully saturated rings. The Morgan fingerprint density at radius 2 is 1.95 bits per heavy atom. The van der Waals surface area contributed by atoms with Crippen molar-refractivity contribution in [1.29, 1.82) is 0 Å². The molecule has 1 saturated heterocycles. The predicted molar refractivity (Wildman–Crippen MR) is 84.7 cm³/mol. The summed E-state index contributed by atoms with van der Waals surface area (Å²) in [4.78, 5) is 14.9. The van der Waals surface area contributed by atoms with Crippen LogP contribution in [0.2, 0.25) is 0 Å². The third-order valence-electron chi connectivity index (χ3n) is 5.63. The monoisotopic (exact) mass is 279 g/mol. The first-order chi connectivity index (χ1) is 9.29. The van der Waals surface area contributed by atoms with Gasteiger partial charge in [-0.1, -0.05) is 34.6 Å². The van der Waals surface area contributed by atoms with Crippen LogP contribution in [0.15, 0.2) is 0 Å². The fourth-order valence-corrected chi connectivity index (χ4v) is 4.19. The number of nitrogens with zero attached hydrogens (tertiary/aromatic N) is 1. The lowest BCUT2D eigenvalue weighted by Gasteiger charge is -2.39. The second-order valence-corrected chi connectivity index (χ2v) is 8.45. The number of carbonyl (C=O) groups excluding carboxylic acids is 1. The van der Waals surface area contributed by atoms with Gasteiger partial charge in [0.15, 0.2) is 0 Å². The number of likely N-dealkylation sites (tertiary alicyclic amines) is 1. The molecule has 0 aromatic rings. The van der Waals surface area contributed by atoms with Crippen LogP contribution >= 0.6 is 0 Å². The molecule has 3 atom stereocenters. The molecule has 0 radical (unpaired) electrons. The summed E-state index contributed by atoms with van der Waals surface area (Å²) in [7, 11) is 0. The van der Waals surface area contributed by atoms with Crippen molar-refractivity contribution in [2.45, 2.75) is 72.8 Å². The van der Waals surface area contributed by atoms with Crippen LogP contribution in [-0.2, 0) is 4.79 Å². The number of carbonyl (C=O) groups is 1. The van der Waals surface area contributed by atoms with Crippen LogP contribution in [-0.4, -0.2) is 29.8 Å². The summed E-state index contributed by atoms with van der Waals surface area (Å²) in [5.41, 5.74) is 0.349. The van der Waals surface area contributed by atoms with Gasteiger partial charge in [0.1, 0.15) is 5.78 Å². The molecule has 0 aromatic carbocycles. The lowest BCUT2D eigenvalue weighted by Crippen LogP contribution is -2.42. The Bertz CT molecular complexity index is 342. The molecule has 20 heavy (non-hydrogen) atoms. The molecule has 0 amide bonds. The van der Waals surface area contributed by atoms with E-state index in [0.717, 1.165) is 31.7 Å². The largest absolute Gasteiger partial charge is 0.299 e. The van der Waals surface area contributed by atoms with E-state index in [2.05, 4.69) is 39.5 Å². The Hall–Kier alpha value is -0.370. The molecule has 0 spiro atoms. The summed E-state index contributed by atoms with van der Waals surface area (Å²) in [6, 6.07) is 0.706. The minimum absolute atomic E-state index is 0.298. The van der Waals surface area contributed by atoms with Gasteiger partial charge in [-0.2, -0.15) is 0 Å². The number of Topliss-reactive ketones (excluding diaryl/α,β-unsaturated/α-hetero) is 1. The van der Waals surface area contributed by atoms with Gasteiger partial charge in [-0.25, -0.2) is 0 Å². The van der Waals surface area contributed by atoms with Crippen molar-refractivity contribution in [2.24, 2.45) is 23.2 Å². The molecule has 1 heterocycles. The molecule has 1 aliphatic carbocycles. The van der Waals surface area contributed by atoms with Crippen molar-refractivity contribution in [3.8, 4) is 0 Å².